The van der Waals surface area contributed by atoms with Gasteiger partial charge in [-0.05, 0) is 30.3 Å². The second kappa shape index (κ2) is 6.30. The van der Waals surface area contributed by atoms with E-state index in [1.165, 1.54) is 4.90 Å². The normalized spacial score (nSPS) is 17.2. The van der Waals surface area contributed by atoms with E-state index in [2.05, 4.69) is 4.98 Å². The van der Waals surface area contributed by atoms with Crippen molar-refractivity contribution in [1.29, 1.82) is 0 Å². The molecule has 1 saturated heterocycles. The molecule has 6 nitrogen and oxygen atoms in total. The number of aromatic nitrogens is 1. The zero-order valence-electron chi connectivity index (χ0n) is 13.3. The number of carboxylic acid groups (broad SMARTS) is 1. The second-order valence-corrected chi connectivity index (χ2v) is 6.89. The highest BCUT2D eigenvalue weighted by atomic mass is 35.5. The summed E-state index contributed by atoms with van der Waals surface area (Å²) in [5, 5.41) is 9.95. The van der Waals surface area contributed by atoms with E-state index in [0.29, 0.717) is 38.3 Å². The minimum Gasteiger partial charge on any atom is -0.481 e. The smallest absolute Gasteiger partial charge is 0.308 e. The summed E-state index contributed by atoms with van der Waals surface area (Å²) in [4.78, 5) is 29.2. The summed E-state index contributed by atoms with van der Waals surface area (Å²) in [6, 6.07) is 10.3. The molecule has 3 aromatic rings. The fraction of sp³-hybridized carbons (Fsp3) is 0.167. The number of carbonyl (C=O) groups is 2. The summed E-state index contributed by atoms with van der Waals surface area (Å²) >= 11 is 12.1. The molecule has 8 heteroatoms. The van der Waals surface area contributed by atoms with Gasteiger partial charge in [0.15, 0.2) is 5.58 Å². The molecule has 4 rings (SSSR count). The van der Waals surface area contributed by atoms with Crippen LogP contribution in [0.3, 0.4) is 0 Å². The van der Waals surface area contributed by atoms with E-state index in [1.807, 2.05) is 0 Å². The van der Waals surface area contributed by atoms with Gasteiger partial charge in [0.1, 0.15) is 5.52 Å². The molecule has 0 saturated carbocycles. The van der Waals surface area contributed by atoms with Crippen molar-refractivity contribution >= 4 is 51.9 Å². The Morgan fingerprint density at radius 2 is 2.08 bits per heavy atom. The van der Waals surface area contributed by atoms with E-state index in [4.69, 9.17) is 32.7 Å². The minimum absolute atomic E-state index is 0.00342. The predicted octanol–water partition coefficient (Wildman–Crippen LogP) is 4.24. The summed E-state index contributed by atoms with van der Waals surface area (Å²) in [5.74, 6) is -1.55. The predicted molar refractivity (Wildman–Crippen MR) is 97.6 cm³/mol. The number of rotatable bonds is 3. The first-order valence-corrected chi connectivity index (χ1v) is 8.57. The van der Waals surface area contributed by atoms with E-state index in [9.17, 15) is 9.59 Å². The Hall–Kier alpha value is -2.57. The first-order chi connectivity index (χ1) is 12.4. The molecule has 1 N–H and O–H groups in total. The van der Waals surface area contributed by atoms with Crippen LogP contribution in [0.2, 0.25) is 10.0 Å². The number of aliphatic carboxylic acids is 1. The van der Waals surface area contributed by atoms with Crippen LogP contribution in [-0.4, -0.2) is 28.5 Å². The summed E-state index contributed by atoms with van der Waals surface area (Å²) < 4.78 is 5.74. The van der Waals surface area contributed by atoms with Crippen molar-refractivity contribution in [1.82, 2.24) is 4.98 Å². The van der Waals surface area contributed by atoms with Gasteiger partial charge in [0.25, 0.3) is 0 Å². The number of fused-ring (bicyclic) bond motifs is 1. The number of amides is 1. The Morgan fingerprint density at radius 3 is 2.81 bits per heavy atom. The molecular weight excluding hydrogens is 379 g/mol. The van der Waals surface area contributed by atoms with Crippen molar-refractivity contribution in [3.63, 3.8) is 0 Å². The summed E-state index contributed by atoms with van der Waals surface area (Å²) in [5.41, 5.74) is 2.21. The largest absolute Gasteiger partial charge is 0.481 e. The van der Waals surface area contributed by atoms with Gasteiger partial charge in [-0.1, -0.05) is 29.3 Å². The zero-order valence-corrected chi connectivity index (χ0v) is 14.8. The summed E-state index contributed by atoms with van der Waals surface area (Å²) in [6.45, 7) is 0.145. The number of halogens is 2. The number of hydrogen-bond acceptors (Lipinski definition) is 4. The lowest BCUT2D eigenvalue weighted by molar-refractivity contribution is -0.141. The summed E-state index contributed by atoms with van der Waals surface area (Å²) in [7, 11) is 0. The van der Waals surface area contributed by atoms with Crippen LogP contribution in [0.15, 0.2) is 40.8 Å². The van der Waals surface area contributed by atoms with Crippen LogP contribution in [0, 0.1) is 5.92 Å². The van der Waals surface area contributed by atoms with Crippen LogP contribution in [0.5, 0.6) is 0 Å². The third-order valence-electron chi connectivity index (χ3n) is 4.29. The maximum atomic E-state index is 12.2. The number of hydrogen-bond donors (Lipinski definition) is 1. The fourth-order valence-corrected chi connectivity index (χ4v) is 3.53. The topological polar surface area (TPSA) is 83.6 Å². The molecule has 1 fully saturated rings. The van der Waals surface area contributed by atoms with Gasteiger partial charge < -0.3 is 14.4 Å². The van der Waals surface area contributed by atoms with Crippen molar-refractivity contribution in [2.24, 2.45) is 5.92 Å². The van der Waals surface area contributed by atoms with Crippen molar-refractivity contribution < 1.29 is 19.1 Å². The SMILES string of the molecule is O=C(O)C1CC(=O)N(c2cccc(-c3nc4cc(Cl)cc(Cl)c4o3)c2)C1. The van der Waals surface area contributed by atoms with Gasteiger partial charge >= 0.3 is 5.97 Å². The lowest BCUT2D eigenvalue weighted by Gasteiger charge is -2.16. The van der Waals surface area contributed by atoms with Gasteiger partial charge in [-0.3, -0.25) is 9.59 Å². The molecule has 1 unspecified atom stereocenters. The van der Waals surface area contributed by atoms with Crippen LogP contribution >= 0.6 is 23.2 Å². The van der Waals surface area contributed by atoms with Gasteiger partial charge in [0.2, 0.25) is 11.8 Å². The van der Waals surface area contributed by atoms with Gasteiger partial charge in [-0.2, -0.15) is 0 Å². The van der Waals surface area contributed by atoms with Crippen molar-refractivity contribution in [2.75, 3.05) is 11.4 Å². The maximum Gasteiger partial charge on any atom is 0.308 e. The van der Waals surface area contributed by atoms with Crippen LogP contribution in [-0.2, 0) is 9.59 Å². The zero-order chi connectivity index (χ0) is 18.4. The molecule has 0 aliphatic carbocycles. The number of anilines is 1. The highest BCUT2D eigenvalue weighted by molar-refractivity contribution is 6.38. The quantitative estimate of drug-likeness (QED) is 0.722. The third kappa shape index (κ3) is 2.91. The molecule has 0 radical (unpaired) electrons. The van der Waals surface area contributed by atoms with Gasteiger partial charge in [0, 0.05) is 29.2 Å². The molecule has 2 aromatic carbocycles. The Morgan fingerprint density at radius 1 is 1.27 bits per heavy atom. The van der Waals surface area contributed by atoms with Crippen LogP contribution in [0.25, 0.3) is 22.6 Å². The number of carboxylic acids is 1. The van der Waals surface area contributed by atoms with Gasteiger partial charge in [0.05, 0.1) is 10.9 Å². The number of oxazole rings is 1. The molecule has 26 heavy (non-hydrogen) atoms. The Labute approximate surface area is 157 Å². The average Bonchev–Trinajstić information content (AvgIpc) is 3.19. The molecule has 1 aromatic heterocycles. The minimum atomic E-state index is -0.970. The third-order valence-corrected chi connectivity index (χ3v) is 4.79. The number of benzene rings is 2. The van der Waals surface area contributed by atoms with Gasteiger partial charge in [-0.15, -0.1) is 0 Å². The molecule has 2 heterocycles. The lowest BCUT2D eigenvalue weighted by atomic mass is 10.1. The highest BCUT2D eigenvalue weighted by Gasteiger charge is 2.35. The van der Waals surface area contributed by atoms with E-state index in [1.54, 1.807) is 36.4 Å². The molecule has 0 bridgehead atoms. The number of nitrogens with zero attached hydrogens (tertiary/aromatic N) is 2. The maximum absolute atomic E-state index is 12.2. The molecule has 1 aliphatic rings. The first-order valence-electron chi connectivity index (χ1n) is 7.81. The Balaban J connectivity index is 1.71. The van der Waals surface area contributed by atoms with Crippen molar-refractivity contribution in [3.05, 3.63) is 46.4 Å². The second-order valence-electron chi connectivity index (χ2n) is 6.05. The molecule has 0 spiro atoms. The van der Waals surface area contributed by atoms with Crippen molar-refractivity contribution in [2.45, 2.75) is 6.42 Å². The van der Waals surface area contributed by atoms with E-state index >= 15 is 0 Å². The van der Waals surface area contributed by atoms with Crippen LogP contribution in [0.1, 0.15) is 6.42 Å². The fourth-order valence-electron chi connectivity index (χ4n) is 3.01. The molecule has 1 amide bonds. The van der Waals surface area contributed by atoms with Crippen molar-refractivity contribution in [3.8, 4) is 11.5 Å². The number of carbonyl (C=O) groups excluding carboxylic acids is 1. The van der Waals surface area contributed by atoms with Crippen LogP contribution in [0.4, 0.5) is 5.69 Å². The van der Waals surface area contributed by atoms with Gasteiger partial charge in [-0.25, -0.2) is 4.98 Å². The lowest BCUT2D eigenvalue weighted by Crippen LogP contribution is -2.25. The Kier molecular flexibility index (Phi) is 4.09. The monoisotopic (exact) mass is 390 g/mol. The average molecular weight is 391 g/mol. The van der Waals surface area contributed by atoms with E-state index < -0.39 is 11.9 Å². The van der Waals surface area contributed by atoms with E-state index in [0.717, 1.165) is 0 Å². The summed E-state index contributed by atoms with van der Waals surface area (Å²) in [6.07, 6.45) is -0.00342. The van der Waals surface area contributed by atoms with Crippen LogP contribution < -0.4 is 4.90 Å². The Bertz CT molecular complexity index is 1050. The molecular formula is C18H12Cl2N2O4. The first kappa shape index (κ1) is 16.9. The highest BCUT2D eigenvalue weighted by Crippen LogP contribution is 2.34. The molecule has 1 aliphatic heterocycles. The molecule has 132 valence electrons. The standard InChI is InChI=1S/C18H12Cl2N2O4/c19-11-6-13(20)16-14(7-11)21-17(26-16)9-2-1-3-12(4-9)22-8-10(18(24)25)5-15(22)23/h1-4,6-7,10H,5,8H2,(H,24,25). The van der Waals surface area contributed by atoms with E-state index in [-0.39, 0.29) is 18.9 Å². The molecule has 1 atom stereocenters.